The van der Waals surface area contributed by atoms with Crippen LogP contribution in [0.15, 0.2) is 60.7 Å². The third-order valence-electron chi connectivity index (χ3n) is 3.86. The van der Waals surface area contributed by atoms with Gasteiger partial charge in [-0.1, -0.05) is 36.4 Å². The Labute approximate surface area is 133 Å². The van der Waals surface area contributed by atoms with Crippen LogP contribution >= 0.6 is 0 Å². The van der Waals surface area contributed by atoms with Gasteiger partial charge < -0.3 is 9.13 Å². The smallest absolute Gasteiger partial charge is 0.122 e. The van der Waals surface area contributed by atoms with E-state index < -0.39 is 0 Å². The molecule has 0 radical (unpaired) electrons. The zero-order chi connectivity index (χ0) is 14.9. The summed E-state index contributed by atoms with van der Waals surface area (Å²) in [7, 11) is -0.353. The van der Waals surface area contributed by atoms with Crippen LogP contribution in [-0.2, 0) is 0 Å². The lowest BCUT2D eigenvalue weighted by Crippen LogP contribution is -2.34. The molecule has 0 fully saturated rings. The van der Waals surface area contributed by atoms with Gasteiger partial charge in [-0.3, -0.25) is 0 Å². The van der Waals surface area contributed by atoms with E-state index in [4.69, 9.17) is 0 Å². The minimum absolute atomic E-state index is 0.177. The minimum atomic E-state index is -0.177. The molecule has 0 aromatic heterocycles. The molecule has 4 heteroatoms. The van der Waals surface area contributed by atoms with Gasteiger partial charge in [0.2, 0.25) is 0 Å². The largest absolute Gasteiger partial charge is 0.404 e. The van der Waals surface area contributed by atoms with E-state index in [-0.39, 0.29) is 19.4 Å². The fourth-order valence-electron chi connectivity index (χ4n) is 2.67. The average Bonchev–Trinajstić information content (AvgIpc) is 2.57. The third kappa shape index (κ3) is 4.75. The lowest BCUT2D eigenvalue weighted by Gasteiger charge is -2.26. The summed E-state index contributed by atoms with van der Waals surface area (Å²) < 4.78 is 5.23. The number of rotatable bonds is 8. The summed E-state index contributed by atoms with van der Waals surface area (Å²) in [4.78, 5) is 0. The number of benzene rings is 2. The summed E-state index contributed by atoms with van der Waals surface area (Å²) >= 11 is 0. The van der Waals surface area contributed by atoms with Crippen LogP contribution in [0.5, 0.6) is 0 Å². The molecule has 0 spiro atoms. The second-order valence-electron chi connectivity index (χ2n) is 5.18. The van der Waals surface area contributed by atoms with Crippen molar-refractivity contribution in [3.63, 3.8) is 0 Å². The SMILES string of the molecule is CCN([SiH2]C[SiH2]N(CC)c1ccccc1)c1ccccc1. The third-order valence-corrected chi connectivity index (χ3v) is 9.10. The van der Waals surface area contributed by atoms with Crippen LogP contribution in [0, 0.1) is 0 Å². The van der Waals surface area contributed by atoms with Gasteiger partial charge in [0.1, 0.15) is 19.4 Å². The lowest BCUT2D eigenvalue weighted by atomic mass is 10.3. The minimum Gasteiger partial charge on any atom is -0.404 e. The van der Waals surface area contributed by atoms with Crippen molar-refractivity contribution in [2.24, 2.45) is 0 Å². The van der Waals surface area contributed by atoms with Crippen LogP contribution in [0.3, 0.4) is 0 Å². The highest BCUT2D eigenvalue weighted by Gasteiger charge is 2.07. The second-order valence-corrected chi connectivity index (χ2v) is 10.4. The Balaban J connectivity index is 1.87. The van der Waals surface area contributed by atoms with Crippen molar-refractivity contribution >= 4 is 30.7 Å². The van der Waals surface area contributed by atoms with Crippen LogP contribution in [0.2, 0.25) is 5.67 Å². The first kappa shape index (κ1) is 15.9. The van der Waals surface area contributed by atoms with Crippen molar-refractivity contribution in [3.05, 3.63) is 60.7 Å². The molecule has 2 aromatic rings. The van der Waals surface area contributed by atoms with Crippen LogP contribution in [0.25, 0.3) is 0 Å². The second kappa shape index (κ2) is 8.69. The van der Waals surface area contributed by atoms with Crippen LogP contribution in [0.4, 0.5) is 11.4 Å². The van der Waals surface area contributed by atoms with Gasteiger partial charge in [0.15, 0.2) is 0 Å². The first-order chi connectivity index (χ1) is 10.3. The van der Waals surface area contributed by atoms with Gasteiger partial charge in [-0.05, 0) is 43.8 Å². The topological polar surface area (TPSA) is 6.48 Å². The Morgan fingerprint density at radius 3 is 1.38 bits per heavy atom. The Morgan fingerprint density at radius 1 is 0.667 bits per heavy atom. The van der Waals surface area contributed by atoms with E-state index in [0.29, 0.717) is 0 Å². The Morgan fingerprint density at radius 2 is 1.05 bits per heavy atom. The van der Waals surface area contributed by atoms with Gasteiger partial charge in [0.05, 0.1) is 0 Å². The van der Waals surface area contributed by atoms with Crippen molar-refractivity contribution in [3.8, 4) is 0 Å². The van der Waals surface area contributed by atoms with Crippen molar-refractivity contribution in [1.82, 2.24) is 0 Å². The maximum Gasteiger partial charge on any atom is 0.122 e. The van der Waals surface area contributed by atoms with Crippen molar-refractivity contribution < 1.29 is 0 Å². The first-order valence-corrected chi connectivity index (χ1v) is 11.2. The number of hydrogen-bond acceptors (Lipinski definition) is 2. The normalized spacial score (nSPS) is 11.5. The molecule has 112 valence electrons. The van der Waals surface area contributed by atoms with E-state index in [9.17, 15) is 0 Å². The van der Waals surface area contributed by atoms with E-state index in [2.05, 4.69) is 83.6 Å². The van der Waals surface area contributed by atoms with Crippen molar-refractivity contribution in [1.29, 1.82) is 0 Å². The lowest BCUT2D eigenvalue weighted by molar-refractivity contribution is 1.07. The predicted octanol–water partition coefficient (Wildman–Crippen LogP) is 2.58. The molecule has 0 amide bonds. The Bertz CT molecular complexity index is 457. The number of anilines is 2. The summed E-state index contributed by atoms with van der Waals surface area (Å²) in [5.74, 6) is 0. The van der Waals surface area contributed by atoms with E-state index in [0.717, 1.165) is 13.1 Å². The molecule has 21 heavy (non-hydrogen) atoms. The monoisotopic (exact) mass is 314 g/mol. The zero-order valence-corrected chi connectivity index (χ0v) is 16.0. The molecule has 0 heterocycles. The standard InChI is InChI=1S/C17H26N2Si2/c1-3-18(16-11-7-5-8-12-16)20-15-21-19(4-2)17-13-9-6-10-14-17/h5-14H,3-4,15,20-21H2,1-2H3. The van der Waals surface area contributed by atoms with Gasteiger partial charge in [0.25, 0.3) is 0 Å². The van der Waals surface area contributed by atoms with Crippen molar-refractivity contribution in [2.45, 2.75) is 19.5 Å². The predicted molar refractivity (Wildman–Crippen MR) is 101 cm³/mol. The quantitative estimate of drug-likeness (QED) is 0.691. The molecule has 2 aromatic carbocycles. The Hall–Kier alpha value is -1.53. The maximum atomic E-state index is 2.62. The molecule has 0 saturated heterocycles. The Kier molecular flexibility index (Phi) is 6.56. The highest BCUT2D eigenvalue weighted by Crippen LogP contribution is 2.14. The molecule has 0 aliphatic rings. The molecule has 0 unspecified atom stereocenters. The van der Waals surface area contributed by atoms with E-state index in [1.807, 2.05) is 0 Å². The highest BCUT2D eigenvalue weighted by atomic mass is 28.3. The van der Waals surface area contributed by atoms with E-state index >= 15 is 0 Å². The van der Waals surface area contributed by atoms with Crippen LogP contribution in [-0.4, -0.2) is 32.5 Å². The highest BCUT2D eigenvalue weighted by molar-refractivity contribution is 6.60. The molecule has 0 saturated carbocycles. The van der Waals surface area contributed by atoms with Gasteiger partial charge in [-0.2, -0.15) is 0 Å². The molecule has 0 atom stereocenters. The van der Waals surface area contributed by atoms with Gasteiger partial charge in [-0.25, -0.2) is 0 Å². The number of nitrogens with zero attached hydrogens (tertiary/aromatic N) is 2. The molecular weight excluding hydrogens is 288 g/mol. The average molecular weight is 315 g/mol. The molecule has 0 bridgehead atoms. The van der Waals surface area contributed by atoms with Crippen LogP contribution in [0.1, 0.15) is 13.8 Å². The molecule has 2 nitrogen and oxygen atoms in total. The van der Waals surface area contributed by atoms with Crippen molar-refractivity contribution in [2.75, 3.05) is 22.2 Å². The molecule has 0 N–H and O–H groups in total. The van der Waals surface area contributed by atoms with Gasteiger partial charge >= 0.3 is 0 Å². The maximum absolute atomic E-state index is 2.62. The zero-order valence-electron chi connectivity index (χ0n) is 13.2. The number of hydrogen-bond donors (Lipinski definition) is 0. The molecule has 2 rings (SSSR count). The summed E-state index contributed by atoms with van der Waals surface area (Å²) in [5.41, 5.74) is 4.26. The molecular formula is C17H26N2Si2. The summed E-state index contributed by atoms with van der Waals surface area (Å²) in [6, 6.07) is 21.7. The fourth-order valence-corrected chi connectivity index (χ4v) is 7.86. The summed E-state index contributed by atoms with van der Waals surface area (Å²) in [6.07, 6.45) is 0. The van der Waals surface area contributed by atoms with E-state index in [1.165, 1.54) is 17.0 Å². The van der Waals surface area contributed by atoms with Crippen LogP contribution < -0.4 is 9.13 Å². The molecule has 0 aliphatic heterocycles. The summed E-state index contributed by atoms with van der Waals surface area (Å²) in [6.45, 7) is 6.83. The molecule has 0 aliphatic carbocycles. The first-order valence-electron chi connectivity index (χ1n) is 7.95. The summed E-state index contributed by atoms with van der Waals surface area (Å²) in [5, 5.41) is 0. The van der Waals surface area contributed by atoms with Gasteiger partial charge in [-0.15, -0.1) is 0 Å². The van der Waals surface area contributed by atoms with E-state index in [1.54, 1.807) is 0 Å². The fraction of sp³-hybridized carbons (Fsp3) is 0.294. The number of para-hydroxylation sites is 2. The van der Waals surface area contributed by atoms with Gasteiger partial charge in [0, 0.05) is 24.5 Å².